The fourth-order valence-electron chi connectivity index (χ4n) is 2.33. The first-order valence-electron chi connectivity index (χ1n) is 6.92. The SMILES string of the molecule is COc1ccc(CNc2ncnc3nc(N)ccc23)cc1C. The number of hydrogen-bond acceptors (Lipinski definition) is 6. The Hall–Kier alpha value is -2.89. The fourth-order valence-corrected chi connectivity index (χ4v) is 2.33. The lowest BCUT2D eigenvalue weighted by atomic mass is 10.1. The molecule has 0 unspecified atom stereocenters. The number of nitrogens with zero attached hydrogens (tertiary/aromatic N) is 3. The Morgan fingerprint density at radius 2 is 2.05 bits per heavy atom. The molecular formula is C16H17N5O. The van der Waals surface area contributed by atoms with Gasteiger partial charge in [0.1, 0.15) is 23.7 Å². The highest BCUT2D eigenvalue weighted by Crippen LogP contribution is 2.21. The van der Waals surface area contributed by atoms with Crippen molar-refractivity contribution in [2.45, 2.75) is 13.5 Å². The molecule has 0 bridgehead atoms. The van der Waals surface area contributed by atoms with E-state index in [1.54, 1.807) is 13.2 Å². The second-order valence-corrected chi connectivity index (χ2v) is 4.99. The summed E-state index contributed by atoms with van der Waals surface area (Å²) in [5.74, 6) is 2.07. The molecule has 112 valence electrons. The van der Waals surface area contributed by atoms with Crippen molar-refractivity contribution in [2.75, 3.05) is 18.2 Å². The van der Waals surface area contributed by atoms with Gasteiger partial charge in [-0.1, -0.05) is 12.1 Å². The fraction of sp³-hybridized carbons (Fsp3) is 0.188. The Kier molecular flexibility index (Phi) is 3.74. The van der Waals surface area contributed by atoms with Crippen LogP contribution in [0.5, 0.6) is 5.75 Å². The number of nitrogens with one attached hydrogen (secondary N) is 1. The lowest BCUT2D eigenvalue weighted by molar-refractivity contribution is 0.411. The maximum absolute atomic E-state index is 5.68. The van der Waals surface area contributed by atoms with Gasteiger partial charge in [-0.05, 0) is 36.2 Å². The predicted octanol–water partition coefficient (Wildman–Crippen LogP) is 2.54. The average molecular weight is 295 g/mol. The van der Waals surface area contributed by atoms with Gasteiger partial charge in [0.25, 0.3) is 0 Å². The van der Waals surface area contributed by atoms with Crippen molar-refractivity contribution in [1.82, 2.24) is 15.0 Å². The number of ether oxygens (including phenoxy) is 1. The Balaban J connectivity index is 1.83. The zero-order valence-corrected chi connectivity index (χ0v) is 12.5. The molecular weight excluding hydrogens is 278 g/mol. The Bertz CT molecular complexity index is 819. The molecule has 3 N–H and O–H groups in total. The molecule has 2 aromatic heterocycles. The molecule has 0 saturated heterocycles. The Morgan fingerprint density at radius 3 is 2.82 bits per heavy atom. The van der Waals surface area contributed by atoms with E-state index in [1.807, 2.05) is 25.1 Å². The number of rotatable bonds is 4. The van der Waals surface area contributed by atoms with Gasteiger partial charge in [0.05, 0.1) is 12.5 Å². The molecule has 0 radical (unpaired) electrons. The number of aromatic nitrogens is 3. The van der Waals surface area contributed by atoms with Crippen molar-refractivity contribution in [3.8, 4) is 5.75 Å². The van der Waals surface area contributed by atoms with Crippen LogP contribution in [0.4, 0.5) is 11.6 Å². The molecule has 0 spiro atoms. The summed E-state index contributed by atoms with van der Waals surface area (Å²) in [6.07, 6.45) is 1.48. The Morgan fingerprint density at radius 1 is 1.18 bits per heavy atom. The molecule has 0 fully saturated rings. The molecule has 0 aliphatic rings. The lowest BCUT2D eigenvalue weighted by Crippen LogP contribution is -2.04. The summed E-state index contributed by atoms with van der Waals surface area (Å²) in [6, 6.07) is 9.70. The van der Waals surface area contributed by atoms with Gasteiger partial charge >= 0.3 is 0 Å². The van der Waals surface area contributed by atoms with Crippen LogP contribution in [0.25, 0.3) is 11.0 Å². The van der Waals surface area contributed by atoms with Crippen LogP contribution in [0.15, 0.2) is 36.7 Å². The second-order valence-electron chi connectivity index (χ2n) is 4.99. The van der Waals surface area contributed by atoms with Crippen LogP contribution in [-0.2, 0) is 6.54 Å². The zero-order chi connectivity index (χ0) is 15.5. The van der Waals surface area contributed by atoms with Crippen molar-refractivity contribution in [1.29, 1.82) is 0 Å². The van der Waals surface area contributed by atoms with E-state index in [0.29, 0.717) is 18.0 Å². The first-order valence-corrected chi connectivity index (χ1v) is 6.92. The maximum atomic E-state index is 5.68. The summed E-state index contributed by atoms with van der Waals surface area (Å²) in [5, 5.41) is 4.16. The van der Waals surface area contributed by atoms with E-state index >= 15 is 0 Å². The van der Waals surface area contributed by atoms with Crippen LogP contribution in [0.2, 0.25) is 0 Å². The first kappa shape index (κ1) is 14.1. The van der Waals surface area contributed by atoms with Crippen LogP contribution < -0.4 is 15.8 Å². The third-order valence-electron chi connectivity index (χ3n) is 3.44. The summed E-state index contributed by atoms with van der Waals surface area (Å²) >= 11 is 0. The van der Waals surface area contributed by atoms with Gasteiger partial charge in [-0.2, -0.15) is 0 Å². The number of benzene rings is 1. The smallest absolute Gasteiger partial charge is 0.166 e. The molecule has 0 aliphatic heterocycles. The van der Waals surface area contributed by atoms with Gasteiger partial charge in [0.2, 0.25) is 0 Å². The van der Waals surface area contributed by atoms with E-state index < -0.39 is 0 Å². The molecule has 0 aliphatic carbocycles. The summed E-state index contributed by atoms with van der Waals surface area (Å²) in [7, 11) is 1.67. The third-order valence-corrected chi connectivity index (χ3v) is 3.44. The predicted molar refractivity (Wildman–Crippen MR) is 86.8 cm³/mol. The molecule has 2 heterocycles. The quantitative estimate of drug-likeness (QED) is 0.769. The van der Waals surface area contributed by atoms with Crippen LogP contribution in [-0.4, -0.2) is 22.1 Å². The summed E-state index contributed by atoms with van der Waals surface area (Å²) in [5.41, 5.74) is 8.51. The van der Waals surface area contributed by atoms with E-state index in [2.05, 4.69) is 26.3 Å². The number of hydrogen-bond donors (Lipinski definition) is 2. The van der Waals surface area contributed by atoms with E-state index in [0.717, 1.165) is 28.1 Å². The minimum absolute atomic E-state index is 0.447. The molecule has 0 saturated carbocycles. The van der Waals surface area contributed by atoms with E-state index in [9.17, 15) is 0 Å². The van der Waals surface area contributed by atoms with Gasteiger partial charge in [0.15, 0.2) is 5.65 Å². The zero-order valence-electron chi connectivity index (χ0n) is 12.5. The van der Waals surface area contributed by atoms with Crippen LogP contribution in [0.1, 0.15) is 11.1 Å². The van der Waals surface area contributed by atoms with Gasteiger partial charge in [-0.25, -0.2) is 15.0 Å². The highest BCUT2D eigenvalue weighted by molar-refractivity contribution is 5.87. The third kappa shape index (κ3) is 2.76. The molecule has 3 rings (SSSR count). The standard InChI is InChI=1S/C16H17N5O/c1-10-7-11(3-5-13(10)22-2)8-18-15-12-4-6-14(17)21-16(12)20-9-19-15/h3-7,9H,8H2,1-2H3,(H3,17,18,19,20,21). The first-order chi connectivity index (χ1) is 10.7. The highest BCUT2D eigenvalue weighted by Gasteiger charge is 2.06. The molecule has 0 atom stereocenters. The second kappa shape index (κ2) is 5.85. The van der Waals surface area contributed by atoms with Crippen LogP contribution >= 0.6 is 0 Å². The van der Waals surface area contributed by atoms with Crippen molar-refractivity contribution >= 4 is 22.7 Å². The summed E-state index contributed by atoms with van der Waals surface area (Å²) in [6.45, 7) is 2.68. The number of nitrogen functional groups attached to an aromatic ring is 1. The number of methoxy groups -OCH3 is 1. The minimum Gasteiger partial charge on any atom is -0.496 e. The number of aryl methyl sites for hydroxylation is 1. The van der Waals surface area contributed by atoms with Gasteiger partial charge in [-0.3, -0.25) is 0 Å². The van der Waals surface area contributed by atoms with Crippen LogP contribution in [0, 0.1) is 6.92 Å². The molecule has 22 heavy (non-hydrogen) atoms. The molecule has 6 heteroatoms. The minimum atomic E-state index is 0.447. The topological polar surface area (TPSA) is 86.0 Å². The van der Waals surface area contributed by atoms with Crippen molar-refractivity contribution in [3.63, 3.8) is 0 Å². The van der Waals surface area contributed by atoms with Gasteiger partial charge in [-0.15, -0.1) is 0 Å². The van der Waals surface area contributed by atoms with E-state index in [-0.39, 0.29) is 0 Å². The van der Waals surface area contributed by atoms with E-state index in [4.69, 9.17) is 10.5 Å². The number of pyridine rings is 1. The van der Waals surface area contributed by atoms with Crippen LogP contribution in [0.3, 0.4) is 0 Å². The summed E-state index contributed by atoms with van der Waals surface area (Å²) < 4.78 is 5.27. The van der Waals surface area contributed by atoms with E-state index in [1.165, 1.54) is 6.33 Å². The highest BCUT2D eigenvalue weighted by atomic mass is 16.5. The molecule has 6 nitrogen and oxygen atoms in total. The maximum Gasteiger partial charge on any atom is 0.166 e. The normalized spacial score (nSPS) is 10.6. The Labute approximate surface area is 128 Å². The molecule has 0 amide bonds. The number of fused-ring (bicyclic) bond motifs is 1. The monoisotopic (exact) mass is 295 g/mol. The van der Waals surface area contributed by atoms with Gasteiger partial charge < -0.3 is 15.8 Å². The van der Waals surface area contributed by atoms with Crippen molar-refractivity contribution < 1.29 is 4.74 Å². The molecule has 3 aromatic rings. The number of anilines is 2. The van der Waals surface area contributed by atoms with Gasteiger partial charge in [0, 0.05) is 6.54 Å². The van der Waals surface area contributed by atoms with Crippen molar-refractivity contribution in [2.24, 2.45) is 0 Å². The number of nitrogens with two attached hydrogens (primary N) is 1. The molecule has 1 aromatic carbocycles. The summed E-state index contributed by atoms with van der Waals surface area (Å²) in [4.78, 5) is 12.6. The lowest BCUT2D eigenvalue weighted by Gasteiger charge is -2.10. The average Bonchev–Trinajstić information content (AvgIpc) is 2.52. The van der Waals surface area contributed by atoms with Crippen molar-refractivity contribution in [3.05, 3.63) is 47.8 Å². The largest absolute Gasteiger partial charge is 0.496 e.